The molecule has 1 amide bonds. The Hall–Kier alpha value is -1.95. The maximum absolute atomic E-state index is 12.1. The van der Waals surface area contributed by atoms with Crippen LogP contribution in [0.15, 0.2) is 42.5 Å². The van der Waals surface area contributed by atoms with E-state index in [-0.39, 0.29) is 24.9 Å². The van der Waals surface area contributed by atoms with Crippen LogP contribution in [0.2, 0.25) is 5.02 Å². The molecule has 0 aromatic heterocycles. The third kappa shape index (κ3) is 7.11. The molecule has 5 nitrogen and oxygen atoms in total. The lowest BCUT2D eigenvalue weighted by Crippen LogP contribution is -2.30. The van der Waals surface area contributed by atoms with E-state index in [1.807, 2.05) is 42.5 Å². The number of para-hydroxylation sites is 1. The molecule has 29 heavy (non-hydrogen) atoms. The Morgan fingerprint density at radius 2 is 1.86 bits per heavy atom. The van der Waals surface area contributed by atoms with Crippen molar-refractivity contribution in [2.45, 2.75) is 44.7 Å². The molecule has 0 aliphatic heterocycles. The van der Waals surface area contributed by atoms with Crippen LogP contribution in [0.25, 0.3) is 0 Å². The van der Waals surface area contributed by atoms with Crippen molar-refractivity contribution >= 4 is 35.6 Å². The summed E-state index contributed by atoms with van der Waals surface area (Å²) in [5, 5.41) is 6.81. The highest BCUT2D eigenvalue weighted by atomic mass is 35.5. The van der Waals surface area contributed by atoms with Crippen LogP contribution in [0.4, 0.5) is 5.69 Å². The van der Waals surface area contributed by atoms with E-state index in [0.29, 0.717) is 22.6 Å². The first-order valence-corrected chi connectivity index (χ1v) is 10.1. The number of hydrogen-bond acceptors (Lipinski definition) is 4. The van der Waals surface area contributed by atoms with E-state index < -0.39 is 0 Å². The van der Waals surface area contributed by atoms with Crippen molar-refractivity contribution < 1.29 is 14.3 Å². The molecule has 2 aromatic rings. The zero-order valence-electron chi connectivity index (χ0n) is 16.6. The van der Waals surface area contributed by atoms with Crippen molar-refractivity contribution in [1.82, 2.24) is 5.32 Å². The topological polar surface area (TPSA) is 59.6 Å². The highest BCUT2D eigenvalue weighted by Crippen LogP contribution is 2.36. The lowest BCUT2D eigenvalue weighted by molar-refractivity contribution is -0.118. The van der Waals surface area contributed by atoms with Gasteiger partial charge in [0.05, 0.1) is 12.1 Å². The number of ether oxygens (including phenoxy) is 2. The Morgan fingerprint density at radius 3 is 2.55 bits per heavy atom. The average Bonchev–Trinajstić information content (AvgIpc) is 2.72. The second-order valence-corrected chi connectivity index (χ2v) is 7.43. The van der Waals surface area contributed by atoms with Crippen LogP contribution in [0.5, 0.6) is 11.5 Å². The van der Waals surface area contributed by atoms with E-state index in [0.717, 1.165) is 17.8 Å². The van der Waals surface area contributed by atoms with Crippen molar-refractivity contribution in [3.05, 3.63) is 53.1 Å². The van der Waals surface area contributed by atoms with Crippen molar-refractivity contribution in [2.24, 2.45) is 0 Å². The molecule has 3 rings (SSSR count). The summed E-state index contributed by atoms with van der Waals surface area (Å²) in [6.07, 6.45) is 6.37. The summed E-state index contributed by atoms with van der Waals surface area (Å²) >= 11 is 6.41. The fourth-order valence-corrected chi connectivity index (χ4v) is 3.73. The van der Waals surface area contributed by atoms with Gasteiger partial charge in [-0.3, -0.25) is 4.79 Å². The largest absolute Gasteiger partial charge is 0.493 e. The number of methoxy groups -OCH3 is 1. The quantitative estimate of drug-likeness (QED) is 0.593. The number of carbonyl (C=O) groups excluding carboxylic acids is 1. The molecule has 2 N–H and O–H groups in total. The van der Waals surface area contributed by atoms with Crippen molar-refractivity contribution in [3.8, 4) is 11.5 Å². The monoisotopic (exact) mass is 438 g/mol. The van der Waals surface area contributed by atoms with Gasteiger partial charge >= 0.3 is 0 Å². The number of anilines is 1. The van der Waals surface area contributed by atoms with Crippen molar-refractivity contribution in [2.75, 3.05) is 19.0 Å². The maximum Gasteiger partial charge on any atom is 0.262 e. The van der Waals surface area contributed by atoms with Gasteiger partial charge in [-0.15, -0.1) is 12.4 Å². The Morgan fingerprint density at radius 1 is 1.14 bits per heavy atom. The third-order valence-corrected chi connectivity index (χ3v) is 5.18. The molecule has 1 aliphatic carbocycles. The summed E-state index contributed by atoms with van der Waals surface area (Å²) in [7, 11) is 1.57. The molecule has 1 aliphatic rings. The summed E-state index contributed by atoms with van der Waals surface area (Å²) in [6.45, 7) is 0.583. The Balaban J connectivity index is 0.00000300. The standard InChI is InChI=1S/C22H27ClN2O3.ClH/c1-27-20-13-16(14-24-17-8-4-2-5-9-17)12-19(23)22(20)28-15-21(26)25-18-10-6-3-7-11-18;/h3,6-7,10-13,17,24H,2,4-5,8-9,14-15H2,1H3,(H,25,26);1H. The molecule has 0 unspecified atom stereocenters. The van der Waals surface area contributed by atoms with Crippen LogP contribution in [0, 0.1) is 0 Å². The fraction of sp³-hybridized carbons (Fsp3) is 0.409. The molecule has 2 aromatic carbocycles. The summed E-state index contributed by atoms with van der Waals surface area (Å²) in [4.78, 5) is 12.1. The van der Waals surface area contributed by atoms with Crippen LogP contribution in [0.1, 0.15) is 37.7 Å². The molecule has 1 fully saturated rings. The minimum absolute atomic E-state index is 0. The SMILES string of the molecule is COc1cc(CNC2CCCCC2)cc(Cl)c1OCC(=O)Nc1ccccc1.Cl. The number of hydrogen-bond donors (Lipinski definition) is 2. The Kier molecular flexibility index (Phi) is 9.58. The van der Waals surface area contributed by atoms with Gasteiger partial charge in [-0.1, -0.05) is 49.1 Å². The van der Waals surface area contributed by atoms with E-state index in [1.165, 1.54) is 32.1 Å². The first-order valence-electron chi connectivity index (χ1n) is 9.73. The van der Waals surface area contributed by atoms with Gasteiger partial charge in [0, 0.05) is 18.3 Å². The van der Waals surface area contributed by atoms with Gasteiger partial charge in [0.15, 0.2) is 18.1 Å². The summed E-state index contributed by atoms with van der Waals surface area (Å²) < 4.78 is 11.1. The summed E-state index contributed by atoms with van der Waals surface area (Å²) in [5.41, 5.74) is 1.76. The van der Waals surface area contributed by atoms with Crippen molar-refractivity contribution in [3.63, 3.8) is 0 Å². The van der Waals surface area contributed by atoms with Crippen LogP contribution in [-0.2, 0) is 11.3 Å². The summed E-state index contributed by atoms with van der Waals surface area (Å²) in [5.74, 6) is 0.654. The number of amides is 1. The van der Waals surface area contributed by atoms with E-state index in [2.05, 4.69) is 10.6 Å². The molecule has 0 spiro atoms. The van der Waals surface area contributed by atoms with Crippen LogP contribution >= 0.6 is 24.0 Å². The molecule has 0 bridgehead atoms. The smallest absolute Gasteiger partial charge is 0.262 e. The average molecular weight is 439 g/mol. The summed E-state index contributed by atoms with van der Waals surface area (Å²) in [6, 6.07) is 13.6. The molecule has 0 heterocycles. The van der Waals surface area contributed by atoms with E-state index in [1.54, 1.807) is 7.11 Å². The molecule has 158 valence electrons. The third-order valence-electron chi connectivity index (χ3n) is 4.89. The second-order valence-electron chi connectivity index (χ2n) is 7.03. The number of halogens is 2. The van der Waals surface area contributed by atoms with E-state index in [9.17, 15) is 4.79 Å². The number of rotatable bonds is 8. The lowest BCUT2D eigenvalue weighted by atomic mass is 9.95. The first-order chi connectivity index (χ1) is 13.7. The first kappa shape index (κ1) is 23.3. The van der Waals surface area contributed by atoms with Gasteiger partial charge < -0.3 is 20.1 Å². The Labute approximate surface area is 183 Å². The minimum Gasteiger partial charge on any atom is -0.493 e. The highest BCUT2D eigenvalue weighted by Gasteiger charge is 2.16. The minimum atomic E-state index is -0.257. The lowest BCUT2D eigenvalue weighted by Gasteiger charge is -2.23. The molecular weight excluding hydrogens is 411 g/mol. The molecule has 0 atom stereocenters. The molecular formula is C22H28Cl2N2O3. The highest BCUT2D eigenvalue weighted by molar-refractivity contribution is 6.32. The van der Waals surface area contributed by atoms with E-state index in [4.69, 9.17) is 21.1 Å². The van der Waals surface area contributed by atoms with Crippen LogP contribution in [-0.4, -0.2) is 25.7 Å². The zero-order chi connectivity index (χ0) is 19.8. The fourth-order valence-electron chi connectivity index (χ4n) is 3.44. The number of carbonyl (C=O) groups is 1. The second kappa shape index (κ2) is 11.9. The van der Waals surface area contributed by atoms with Crippen LogP contribution < -0.4 is 20.1 Å². The van der Waals surface area contributed by atoms with Gasteiger partial charge in [-0.25, -0.2) is 0 Å². The number of benzene rings is 2. The zero-order valence-corrected chi connectivity index (χ0v) is 18.2. The molecule has 0 saturated heterocycles. The molecule has 7 heteroatoms. The predicted molar refractivity (Wildman–Crippen MR) is 120 cm³/mol. The normalized spacial score (nSPS) is 14.0. The van der Waals surface area contributed by atoms with Gasteiger partial charge in [0.2, 0.25) is 0 Å². The number of nitrogens with one attached hydrogen (secondary N) is 2. The molecule has 0 radical (unpaired) electrons. The molecule has 1 saturated carbocycles. The van der Waals surface area contributed by atoms with Gasteiger partial charge in [0.1, 0.15) is 0 Å². The Bertz CT molecular complexity index is 781. The van der Waals surface area contributed by atoms with Crippen molar-refractivity contribution in [1.29, 1.82) is 0 Å². The van der Waals surface area contributed by atoms with Crippen LogP contribution in [0.3, 0.4) is 0 Å². The van der Waals surface area contributed by atoms with E-state index >= 15 is 0 Å². The van der Waals surface area contributed by atoms with Gasteiger partial charge in [0.25, 0.3) is 5.91 Å². The maximum atomic E-state index is 12.1. The predicted octanol–water partition coefficient (Wildman–Crippen LogP) is 5.21. The van der Waals surface area contributed by atoms with Gasteiger partial charge in [-0.05, 0) is 42.7 Å². The van der Waals surface area contributed by atoms with Gasteiger partial charge in [-0.2, -0.15) is 0 Å².